The van der Waals surface area contributed by atoms with Crippen molar-refractivity contribution in [1.82, 2.24) is 9.88 Å². The lowest BCUT2D eigenvalue weighted by molar-refractivity contribution is -0.0317. The maximum Gasteiger partial charge on any atom is 0.0645 e. The van der Waals surface area contributed by atoms with E-state index in [4.69, 9.17) is 4.74 Å². The Balaban J connectivity index is 1.97. The number of hydrogen-bond donors (Lipinski definition) is 1. The van der Waals surface area contributed by atoms with E-state index in [0.29, 0.717) is 6.61 Å². The Kier molecular flexibility index (Phi) is 3.66. The lowest BCUT2D eigenvalue weighted by atomic mass is 10.2. The quantitative estimate of drug-likeness (QED) is 0.774. The summed E-state index contributed by atoms with van der Waals surface area (Å²) < 4.78 is 5.32. The van der Waals surface area contributed by atoms with Crippen LogP contribution in [-0.2, 0) is 11.3 Å². The van der Waals surface area contributed by atoms with Crippen molar-refractivity contribution in [1.29, 1.82) is 0 Å². The number of aliphatic hydroxyl groups is 1. The van der Waals surface area contributed by atoms with Gasteiger partial charge in [0.15, 0.2) is 0 Å². The van der Waals surface area contributed by atoms with Crippen LogP contribution in [0.15, 0.2) is 24.4 Å². The lowest BCUT2D eigenvalue weighted by Gasteiger charge is -2.34. The van der Waals surface area contributed by atoms with Crippen molar-refractivity contribution in [2.75, 3.05) is 26.4 Å². The summed E-state index contributed by atoms with van der Waals surface area (Å²) in [4.78, 5) is 6.49. The normalized spacial score (nSPS) is 22.9. The van der Waals surface area contributed by atoms with Gasteiger partial charge in [0.25, 0.3) is 0 Å². The maximum atomic E-state index is 9.20. The third kappa shape index (κ3) is 2.75. The first-order valence-electron chi connectivity index (χ1n) is 5.22. The number of ether oxygens (including phenoxy) is 1. The second-order valence-electron chi connectivity index (χ2n) is 3.70. The molecule has 2 heterocycles. The summed E-state index contributed by atoms with van der Waals surface area (Å²) in [6.45, 7) is 3.15. The Hall–Kier alpha value is -0.970. The average molecular weight is 208 g/mol. The van der Waals surface area contributed by atoms with Gasteiger partial charge in [0.2, 0.25) is 0 Å². The number of morpholine rings is 1. The van der Waals surface area contributed by atoms with Crippen molar-refractivity contribution in [2.24, 2.45) is 0 Å². The van der Waals surface area contributed by atoms with Crippen LogP contribution in [-0.4, -0.2) is 47.4 Å². The van der Waals surface area contributed by atoms with Gasteiger partial charge in [-0.25, -0.2) is 0 Å². The first-order chi connectivity index (χ1) is 7.40. The minimum atomic E-state index is 0.112. The second-order valence-corrected chi connectivity index (χ2v) is 3.70. The highest BCUT2D eigenvalue weighted by molar-refractivity contribution is 5.03. The molecule has 2 rings (SSSR count). The summed E-state index contributed by atoms with van der Waals surface area (Å²) in [5.74, 6) is 0. The molecule has 0 saturated carbocycles. The van der Waals surface area contributed by atoms with Gasteiger partial charge in [-0.3, -0.25) is 9.88 Å². The highest BCUT2D eigenvalue weighted by Gasteiger charge is 2.22. The molecule has 1 aromatic rings. The van der Waals surface area contributed by atoms with Gasteiger partial charge in [0.05, 0.1) is 31.6 Å². The summed E-state index contributed by atoms with van der Waals surface area (Å²) in [6, 6.07) is 6.01. The lowest BCUT2D eigenvalue weighted by Crippen LogP contribution is -2.46. The van der Waals surface area contributed by atoms with E-state index in [0.717, 1.165) is 25.4 Å². The van der Waals surface area contributed by atoms with E-state index < -0.39 is 0 Å². The topological polar surface area (TPSA) is 45.6 Å². The number of aromatic nitrogens is 1. The molecule has 1 aliphatic rings. The van der Waals surface area contributed by atoms with E-state index in [-0.39, 0.29) is 12.6 Å². The summed E-state index contributed by atoms with van der Waals surface area (Å²) in [7, 11) is 0. The van der Waals surface area contributed by atoms with Crippen LogP contribution in [0, 0.1) is 0 Å². The molecule has 0 radical (unpaired) electrons. The van der Waals surface area contributed by atoms with Gasteiger partial charge in [-0.05, 0) is 12.1 Å². The van der Waals surface area contributed by atoms with Gasteiger partial charge in [-0.15, -0.1) is 0 Å². The van der Waals surface area contributed by atoms with Gasteiger partial charge in [0.1, 0.15) is 0 Å². The zero-order chi connectivity index (χ0) is 10.5. The predicted octanol–water partition coefficient (Wildman–Crippen LogP) is 0.275. The summed E-state index contributed by atoms with van der Waals surface area (Å²) in [5.41, 5.74) is 1.04. The van der Waals surface area contributed by atoms with E-state index in [9.17, 15) is 5.11 Å². The minimum Gasteiger partial charge on any atom is -0.395 e. The molecular formula is C11H16N2O2. The second kappa shape index (κ2) is 5.21. The fraction of sp³-hybridized carbons (Fsp3) is 0.545. The van der Waals surface area contributed by atoms with Crippen molar-refractivity contribution in [3.05, 3.63) is 30.1 Å². The molecule has 1 unspecified atom stereocenters. The fourth-order valence-corrected chi connectivity index (χ4v) is 1.77. The predicted molar refractivity (Wildman–Crippen MR) is 56.3 cm³/mol. The Morgan fingerprint density at radius 3 is 3.20 bits per heavy atom. The van der Waals surface area contributed by atoms with Gasteiger partial charge >= 0.3 is 0 Å². The molecule has 0 amide bonds. The number of hydrogen-bond acceptors (Lipinski definition) is 4. The third-order valence-corrected chi connectivity index (χ3v) is 2.65. The number of aliphatic hydroxyl groups excluding tert-OH is 1. The summed E-state index contributed by atoms with van der Waals surface area (Å²) in [6.07, 6.45) is 1.80. The minimum absolute atomic E-state index is 0.112. The highest BCUT2D eigenvalue weighted by atomic mass is 16.5. The highest BCUT2D eigenvalue weighted by Crippen LogP contribution is 2.10. The van der Waals surface area contributed by atoms with Crippen LogP contribution in [0.1, 0.15) is 5.69 Å². The maximum absolute atomic E-state index is 9.20. The molecule has 1 atom stereocenters. The number of pyridine rings is 1. The molecular weight excluding hydrogens is 192 g/mol. The molecule has 15 heavy (non-hydrogen) atoms. The molecule has 4 nitrogen and oxygen atoms in total. The van der Waals surface area contributed by atoms with Crippen molar-refractivity contribution in [3.63, 3.8) is 0 Å². The number of rotatable bonds is 3. The van der Waals surface area contributed by atoms with Crippen LogP contribution in [0.5, 0.6) is 0 Å². The van der Waals surface area contributed by atoms with E-state index in [2.05, 4.69) is 9.88 Å². The average Bonchev–Trinajstić information content (AvgIpc) is 2.31. The molecule has 1 fully saturated rings. The smallest absolute Gasteiger partial charge is 0.0645 e. The van der Waals surface area contributed by atoms with Crippen LogP contribution in [0.4, 0.5) is 0 Å². The summed E-state index contributed by atoms with van der Waals surface area (Å²) in [5, 5.41) is 9.20. The van der Waals surface area contributed by atoms with Crippen LogP contribution >= 0.6 is 0 Å². The van der Waals surface area contributed by atoms with Crippen LogP contribution in [0.3, 0.4) is 0 Å². The SMILES string of the molecule is OCC1COCCN1Cc1ccccn1. The molecule has 0 spiro atoms. The zero-order valence-corrected chi connectivity index (χ0v) is 8.67. The molecule has 1 aliphatic heterocycles. The molecule has 1 saturated heterocycles. The molecule has 4 heteroatoms. The molecule has 1 aromatic heterocycles. The standard InChI is InChI=1S/C11H16N2O2/c14-8-11-9-15-6-5-13(11)7-10-3-1-2-4-12-10/h1-4,11,14H,5-9H2. The zero-order valence-electron chi connectivity index (χ0n) is 8.67. The van der Waals surface area contributed by atoms with Crippen molar-refractivity contribution >= 4 is 0 Å². The van der Waals surface area contributed by atoms with Gasteiger partial charge < -0.3 is 9.84 Å². The van der Waals surface area contributed by atoms with E-state index >= 15 is 0 Å². The Bertz CT molecular complexity index is 292. The molecule has 0 aliphatic carbocycles. The van der Waals surface area contributed by atoms with Crippen molar-refractivity contribution in [2.45, 2.75) is 12.6 Å². The Morgan fingerprint density at radius 1 is 1.53 bits per heavy atom. The first-order valence-corrected chi connectivity index (χ1v) is 5.22. The molecule has 1 N–H and O–H groups in total. The van der Waals surface area contributed by atoms with Crippen LogP contribution in [0.2, 0.25) is 0 Å². The largest absolute Gasteiger partial charge is 0.395 e. The molecule has 82 valence electrons. The number of nitrogens with zero attached hydrogens (tertiary/aromatic N) is 2. The van der Waals surface area contributed by atoms with E-state index in [1.54, 1.807) is 6.20 Å². The fourth-order valence-electron chi connectivity index (χ4n) is 1.77. The van der Waals surface area contributed by atoms with Gasteiger partial charge in [-0.1, -0.05) is 6.07 Å². The van der Waals surface area contributed by atoms with Crippen molar-refractivity contribution < 1.29 is 9.84 Å². The monoisotopic (exact) mass is 208 g/mol. The van der Waals surface area contributed by atoms with E-state index in [1.165, 1.54) is 0 Å². The molecule has 0 bridgehead atoms. The van der Waals surface area contributed by atoms with Crippen LogP contribution < -0.4 is 0 Å². The Labute approximate surface area is 89.5 Å². The third-order valence-electron chi connectivity index (χ3n) is 2.65. The summed E-state index contributed by atoms with van der Waals surface area (Å²) >= 11 is 0. The van der Waals surface area contributed by atoms with Gasteiger partial charge in [0, 0.05) is 19.3 Å². The van der Waals surface area contributed by atoms with Gasteiger partial charge in [-0.2, -0.15) is 0 Å². The Morgan fingerprint density at radius 2 is 2.47 bits per heavy atom. The van der Waals surface area contributed by atoms with Crippen LogP contribution in [0.25, 0.3) is 0 Å². The molecule has 0 aromatic carbocycles. The van der Waals surface area contributed by atoms with E-state index in [1.807, 2.05) is 18.2 Å². The van der Waals surface area contributed by atoms with Crippen molar-refractivity contribution in [3.8, 4) is 0 Å². The first kappa shape index (κ1) is 10.5.